The summed E-state index contributed by atoms with van der Waals surface area (Å²) < 4.78 is 3.71. The van der Waals surface area contributed by atoms with Gasteiger partial charge in [0.15, 0.2) is 11.0 Å². The molecule has 5 rings (SSSR count). The van der Waals surface area contributed by atoms with Crippen LogP contribution in [0.25, 0.3) is 22.8 Å². The van der Waals surface area contributed by atoms with Crippen LogP contribution in [0.3, 0.4) is 0 Å². The van der Waals surface area contributed by atoms with Crippen molar-refractivity contribution < 1.29 is 4.79 Å². The summed E-state index contributed by atoms with van der Waals surface area (Å²) in [5, 5.41) is 17.9. The fourth-order valence-electron chi connectivity index (χ4n) is 3.51. The monoisotopic (exact) mass is 494 g/mol. The summed E-state index contributed by atoms with van der Waals surface area (Å²) in [6, 6.07) is 23.4. The van der Waals surface area contributed by atoms with Crippen LogP contribution in [0.15, 0.2) is 102 Å². The molecule has 10 heteroatoms. The summed E-state index contributed by atoms with van der Waals surface area (Å²) in [6.45, 7) is 1.90. The highest BCUT2D eigenvalue weighted by Crippen LogP contribution is 2.27. The molecule has 9 nitrogen and oxygen atoms in total. The molecule has 0 radical (unpaired) electrons. The largest absolute Gasteiger partial charge is 0.272 e. The zero-order valence-electron chi connectivity index (χ0n) is 19.4. The third kappa shape index (κ3) is 5.23. The number of benzene rings is 2. The van der Waals surface area contributed by atoms with Gasteiger partial charge in [0.1, 0.15) is 0 Å². The molecule has 0 saturated carbocycles. The van der Waals surface area contributed by atoms with E-state index in [0.29, 0.717) is 11.0 Å². The maximum Gasteiger partial charge on any atom is 0.250 e. The minimum atomic E-state index is -0.252. The van der Waals surface area contributed by atoms with Crippen LogP contribution in [0, 0.1) is 6.92 Å². The van der Waals surface area contributed by atoms with Crippen molar-refractivity contribution in [1.82, 2.24) is 35.0 Å². The molecular formula is C26H22N8OS. The molecule has 3 heterocycles. The highest BCUT2D eigenvalue weighted by molar-refractivity contribution is 7.99. The van der Waals surface area contributed by atoms with Gasteiger partial charge in [0.05, 0.1) is 23.3 Å². The molecule has 1 N–H and O–H groups in total. The first kappa shape index (κ1) is 23.2. The lowest BCUT2D eigenvalue weighted by Crippen LogP contribution is -2.20. The number of carbonyl (C=O) groups excluding carboxylic acids is 1. The number of amides is 1. The molecule has 2 aromatic carbocycles. The summed E-state index contributed by atoms with van der Waals surface area (Å²) >= 11 is 1.29. The second kappa shape index (κ2) is 10.8. The summed E-state index contributed by atoms with van der Waals surface area (Å²) in [6.07, 6.45) is 6.89. The van der Waals surface area contributed by atoms with Gasteiger partial charge in [0, 0.05) is 35.4 Å². The van der Waals surface area contributed by atoms with Gasteiger partial charge in [-0.25, -0.2) is 10.1 Å². The molecule has 178 valence electrons. The van der Waals surface area contributed by atoms with Crippen molar-refractivity contribution in [2.75, 3.05) is 5.75 Å². The van der Waals surface area contributed by atoms with Gasteiger partial charge >= 0.3 is 0 Å². The van der Waals surface area contributed by atoms with Gasteiger partial charge < -0.3 is 0 Å². The highest BCUT2D eigenvalue weighted by Gasteiger charge is 2.17. The Morgan fingerprint density at radius 2 is 1.67 bits per heavy atom. The lowest BCUT2D eigenvalue weighted by atomic mass is 10.2. The van der Waals surface area contributed by atoms with Crippen molar-refractivity contribution in [2.24, 2.45) is 5.10 Å². The van der Waals surface area contributed by atoms with Gasteiger partial charge in [-0.3, -0.25) is 14.3 Å². The van der Waals surface area contributed by atoms with E-state index in [1.54, 1.807) is 23.3 Å². The highest BCUT2D eigenvalue weighted by atomic mass is 32.2. The fourth-order valence-corrected chi connectivity index (χ4v) is 4.25. The minimum Gasteiger partial charge on any atom is -0.272 e. The maximum atomic E-state index is 12.5. The van der Waals surface area contributed by atoms with Gasteiger partial charge in [-0.1, -0.05) is 48.2 Å². The van der Waals surface area contributed by atoms with E-state index in [1.807, 2.05) is 90.5 Å². The number of aromatic nitrogens is 6. The Morgan fingerprint density at radius 3 is 2.39 bits per heavy atom. The smallest absolute Gasteiger partial charge is 0.250 e. The molecule has 0 aliphatic heterocycles. The third-order valence-corrected chi connectivity index (χ3v) is 6.20. The molecule has 0 aliphatic carbocycles. The average Bonchev–Trinajstić information content (AvgIpc) is 3.52. The lowest BCUT2D eigenvalue weighted by molar-refractivity contribution is -0.118. The number of hydrogen-bond donors (Lipinski definition) is 1. The van der Waals surface area contributed by atoms with Crippen molar-refractivity contribution in [3.63, 3.8) is 0 Å². The number of aryl methyl sites for hydroxylation is 1. The summed E-state index contributed by atoms with van der Waals surface area (Å²) in [5.74, 6) is 0.550. The number of nitrogens with zero attached hydrogens (tertiary/aromatic N) is 7. The standard InChI is InChI=1S/C26H22N8OS/c1-19-21(17-33(32-19)22-8-4-2-5-9-22)16-28-29-24(35)18-36-26-31-30-25(20-12-14-27-15-13-20)34(26)23-10-6-3-7-11-23/h2-17H,18H2,1H3,(H,29,35). The topological polar surface area (TPSA) is 103 Å². The van der Waals surface area contributed by atoms with Gasteiger partial charge in [0.2, 0.25) is 0 Å². The van der Waals surface area contributed by atoms with Gasteiger partial charge in [-0.05, 0) is 43.3 Å². The molecule has 0 aliphatic rings. The van der Waals surface area contributed by atoms with E-state index in [1.165, 1.54) is 11.8 Å². The normalized spacial score (nSPS) is 11.1. The minimum absolute atomic E-state index is 0.126. The first-order chi connectivity index (χ1) is 17.7. The average molecular weight is 495 g/mol. The predicted octanol–water partition coefficient (Wildman–Crippen LogP) is 4.07. The molecule has 5 aromatic rings. The number of rotatable bonds is 8. The number of hydrogen-bond acceptors (Lipinski definition) is 7. The fraction of sp³-hybridized carbons (Fsp3) is 0.0769. The molecule has 0 spiro atoms. The predicted molar refractivity (Wildman–Crippen MR) is 139 cm³/mol. The first-order valence-electron chi connectivity index (χ1n) is 11.2. The Hall–Kier alpha value is -4.57. The van der Waals surface area contributed by atoms with E-state index >= 15 is 0 Å². The van der Waals surface area contributed by atoms with Crippen molar-refractivity contribution in [3.8, 4) is 22.8 Å². The molecule has 0 bridgehead atoms. The van der Waals surface area contributed by atoms with Crippen molar-refractivity contribution in [2.45, 2.75) is 12.1 Å². The summed E-state index contributed by atoms with van der Waals surface area (Å²) in [7, 11) is 0. The molecule has 0 fully saturated rings. The Labute approximate surface area is 211 Å². The van der Waals surface area contributed by atoms with E-state index in [-0.39, 0.29) is 11.7 Å². The Balaban J connectivity index is 1.26. The molecule has 0 unspecified atom stereocenters. The van der Waals surface area contributed by atoms with Crippen LogP contribution < -0.4 is 5.43 Å². The van der Waals surface area contributed by atoms with Gasteiger partial charge in [-0.15, -0.1) is 10.2 Å². The Morgan fingerprint density at radius 1 is 0.972 bits per heavy atom. The SMILES string of the molecule is Cc1nn(-c2ccccc2)cc1C=NNC(=O)CSc1nnc(-c2ccncc2)n1-c1ccccc1. The molecule has 0 atom stereocenters. The van der Waals surface area contributed by atoms with E-state index in [0.717, 1.165) is 28.2 Å². The second-order valence-corrected chi connectivity index (χ2v) is 8.69. The third-order valence-electron chi connectivity index (χ3n) is 5.27. The van der Waals surface area contributed by atoms with E-state index in [2.05, 4.69) is 30.8 Å². The molecular weight excluding hydrogens is 472 g/mol. The van der Waals surface area contributed by atoms with Crippen LogP contribution in [-0.2, 0) is 4.79 Å². The van der Waals surface area contributed by atoms with Gasteiger partial charge in [-0.2, -0.15) is 10.2 Å². The van der Waals surface area contributed by atoms with Gasteiger partial charge in [0.25, 0.3) is 5.91 Å². The number of carbonyl (C=O) groups is 1. The first-order valence-corrected chi connectivity index (χ1v) is 12.2. The summed E-state index contributed by atoms with van der Waals surface area (Å²) in [4.78, 5) is 16.6. The quantitative estimate of drug-likeness (QED) is 0.198. The number of para-hydroxylation sites is 2. The van der Waals surface area contributed by atoms with Crippen molar-refractivity contribution >= 4 is 23.9 Å². The van der Waals surface area contributed by atoms with Crippen LogP contribution in [-0.4, -0.2) is 47.4 Å². The van der Waals surface area contributed by atoms with Crippen LogP contribution >= 0.6 is 11.8 Å². The van der Waals surface area contributed by atoms with E-state index < -0.39 is 0 Å². The molecule has 36 heavy (non-hydrogen) atoms. The zero-order valence-corrected chi connectivity index (χ0v) is 20.2. The van der Waals surface area contributed by atoms with E-state index in [4.69, 9.17) is 0 Å². The second-order valence-electron chi connectivity index (χ2n) is 7.74. The molecule has 0 saturated heterocycles. The van der Waals surface area contributed by atoms with Crippen molar-refractivity contribution in [1.29, 1.82) is 0 Å². The number of thioether (sulfide) groups is 1. The lowest BCUT2D eigenvalue weighted by Gasteiger charge is -2.10. The zero-order chi connectivity index (χ0) is 24.7. The number of hydrazone groups is 1. The Bertz CT molecular complexity index is 1480. The number of pyridine rings is 1. The van der Waals surface area contributed by atoms with Crippen LogP contribution in [0.1, 0.15) is 11.3 Å². The summed E-state index contributed by atoms with van der Waals surface area (Å²) in [5.41, 5.74) is 6.95. The van der Waals surface area contributed by atoms with Crippen LogP contribution in [0.4, 0.5) is 0 Å². The maximum absolute atomic E-state index is 12.5. The van der Waals surface area contributed by atoms with Crippen LogP contribution in [0.5, 0.6) is 0 Å². The number of nitrogens with one attached hydrogen (secondary N) is 1. The van der Waals surface area contributed by atoms with Crippen LogP contribution in [0.2, 0.25) is 0 Å². The Kier molecular flexibility index (Phi) is 6.95. The van der Waals surface area contributed by atoms with E-state index in [9.17, 15) is 4.79 Å². The molecule has 3 aromatic heterocycles. The van der Waals surface area contributed by atoms with Crippen molar-refractivity contribution in [3.05, 3.63) is 103 Å². The molecule has 1 amide bonds.